The number of carbonyl (C=O) groups excluding carboxylic acids is 2. The molecule has 0 aromatic carbocycles. The van der Waals surface area contributed by atoms with Gasteiger partial charge in [-0.15, -0.1) is 0 Å². The Balaban J connectivity index is 4.54. The minimum Gasteiger partial charge on any atom is -0.468 e. The Morgan fingerprint density at radius 1 is 1.29 bits per heavy atom. The third-order valence-corrected chi connectivity index (χ3v) is 2.46. The molecule has 82 valence electrons. The Hall–Kier alpha value is -0.860. The fourth-order valence-corrected chi connectivity index (χ4v) is 1.65. The quantitative estimate of drug-likeness (QED) is 0.487. The monoisotopic (exact) mass is 200 g/mol. The molecule has 0 aliphatic rings. The van der Waals surface area contributed by atoms with Gasteiger partial charge >= 0.3 is 5.97 Å². The number of carbonyl (C=O) groups is 2. The van der Waals surface area contributed by atoms with Crippen LogP contribution in [0.4, 0.5) is 0 Å². The molecule has 0 N–H and O–H groups in total. The van der Waals surface area contributed by atoms with E-state index in [1.54, 1.807) is 6.92 Å². The van der Waals surface area contributed by atoms with Crippen LogP contribution in [0, 0.1) is 11.8 Å². The lowest BCUT2D eigenvalue weighted by molar-refractivity contribution is -0.151. The van der Waals surface area contributed by atoms with Crippen LogP contribution >= 0.6 is 0 Å². The first kappa shape index (κ1) is 13.1. The van der Waals surface area contributed by atoms with Gasteiger partial charge in [0.05, 0.1) is 7.11 Å². The van der Waals surface area contributed by atoms with E-state index in [0.717, 1.165) is 12.8 Å². The molecule has 3 nitrogen and oxygen atoms in total. The van der Waals surface area contributed by atoms with Gasteiger partial charge in [0.25, 0.3) is 0 Å². The van der Waals surface area contributed by atoms with Gasteiger partial charge in [-0.3, -0.25) is 9.59 Å². The zero-order chi connectivity index (χ0) is 11.1. The standard InChI is InChI=1S/C11H20O3/c1-5-7-8(3)10(9(12)6-2)11(13)14-4/h8,10H,5-7H2,1-4H3. The number of Topliss-reactive ketones (excluding diaryl/α,β-unsaturated/α-hetero) is 1. The second kappa shape index (κ2) is 6.57. The normalized spacial score (nSPS) is 14.6. The predicted molar refractivity (Wildman–Crippen MR) is 54.9 cm³/mol. The zero-order valence-electron chi connectivity index (χ0n) is 9.50. The maximum absolute atomic E-state index is 11.5. The molecule has 0 aromatic rings. The predicted octanol–water partition coefficient (Wildman–Crippen LogP) is 2.19. The molecular formula is C11H20O3. The number of ketones is 1. The van der Waals surface area contributed by atoms with Crippen LogP contribution in [0.3, 0.4) is 0 Å². The molecule has 0 amide bonds. The lowest BCUT2D eigenvalue weighted by atomic mass is 9.86. The molecule has 0 saturated heterocycles. The van der Waals surface area contributed by atoms with Gasteiger partial charge in [-0.25, -0.2) is 0 Å². The van der Waals surface area contributed by atoms with Crippen molar-refractivity contribution in [3.63, 3.8) is 0 Å². The lowest BCUT2D eigenvalue weighted by Crippen LogP contribution is -2.30. The van der Waals surface area contributed by atoms with E-state index in [1.165, 1.54) is 7.11 Å². The van der Waals surface area contributed by atoms with Crippen molar-refractivity contribution in [2.24, 2.45) is 11.8 Å². The smallest absolute Gasteiger partial charge is 0.316 e. The highest BCUT2D eigenvalue weighted by Crippen LogP contribution is 2.20. The third-order valence-electron chi connectivity index (χ3n) is 2.46. The molecule has 0 fully saturated rings. The molecule has 0 rings (SSSR count). The summed E-state index contributed by atoms with van der Waals surface area (Å²) in [4.78, 5) is 22.9. The van der Waals surface area contributed by atoms with Crippen LogP contribution in [0.25, 0.3) is 0 Å². The van der Waals surface area contributed by atoms with Gasteiger partial charge in [0, 0.05) is 6.42 Å². The molecule has 2 unspecified atom stereocenters. The highest BCUT2D eigenvalue weighted by Gasteiger charge is 2.30. The Morgan fingerprint density at radius 3 is 2.21 bits per heavy atom. The largest absolute Gasteiger partial charge is 0.468 e. The Morgan fingerprint density at radius 2 is 1.86 bits per heavy atom. The zero-order valence-corrected chi connectivity index (χ0v) is 9.50. The van der Waals surface area contributed by atoms with Gasteiger partial charge in [0.2, 0.25) is 0 Å². The Labute approximate surface area is 85.8 Å². The van der Waals surface area contributed by atoms with E-state index in [4.69, 9.17) is 0 Å². The van der Waals surface area contributed by atoms with Crippen LogP contribution in [0.2, 0.25) is 0 Å². The van der Waals surface area contributed by atoms with Crippen molar-refractivity contribution in [3.05, 3.63) is 0 Å². The summed E-state index contributed by atoms with van der Waals surface area (Å²) < 4.78 is 4.64. The number of esters is 1. The molecule has 0 aromatic heterocycles. The summed E-state index contributed by atoms with van der Waals surface area (Å²) in [7, 11) is 1.33. The lowest BCUT2D eigenvalue weighted by Gasteiger charge is -2.19. The number of hydrogen-bond donors (Lipinski definition) is 0. The van der Waals surface area contributed by atoms with Crippen LogP contribution in [0.15, 0.2) is 0 Å². The average molecular weight is 200 g/mol. The first-order valence-corrected chi connectivity index (χ1v) is 5.18. The highest BCUT2D eigenvalue weighted by molar-refractivity contribution is 5.99. The van der Waals surface area contributed by atoms with Crippen LogP contribution in [0.5, 0.6) is 0 Å². The number of ether oxygens (including phenoxy) is 1. The molecule has 2 atom stereocenters. The van der Waals surface area contributed by atoms with E-state index in [0.29, 0.717) is 6.42 Å². The summed E-state index contributed by atoms with van der Waals surface area (Å²) in [5.41, 5.74) is 0. The van der Waals surface area contributed by atoms with Crippen molar-refractivity contribution >= 4 is 11.8 Å². The first-order valence-electron chi connectivity index (χ1n) is 5.18. The van der Waals surface area contributed by atoms with Crippen LogP contribution in [0.1, 0.15) is 40.0 Å². The van der Waals surface area contributed by atoms with Crippen molar-refractivity contribution < 1.29 is 14.3 Å². The van der Waals surface area contributed by atoms with Crippen LogP contribution in [-0.2, 0) is 14.3 Å². The highest BCUT2D eigenvalue weighted by atomic mass is 16.5. The van der Waals surface area contributed by atoms with E-state index >= 15 is 0 Å². The topological polar surface area (TPSA) is 43.4 Å². The number of rotatable bonds is 6. The molecular weight excluding hydrogens is 180 g/mol. The van der Waals surface area contributed by atoms with Crippen molar-refractivity contribution in [3.8, 4) is 0 Å². The van der Waals surface area contributed by atoms with Crippen LogP contribution in [-0.4, -0.2) is 18.9 Å². The summed E-state index contributed by atoms with van der Waals surface area (Å²) >= 11 is 0. The maximum atomic E-state index is 11.5. The van der Waals surface area contributed by atoms with E-state index in [-0.39, 0.29) is 11.7 Å². The van der Waals surface area contributed by atoms with E-state index in [1.807, 2.05) is 13.8 Å². The molecule has 0 heterocycles. The molecule has 0 aliphatic heterocycles. The second-order valence-corrected chi connectivity index (χ2v) is 3.59. The van der Waals surface area contributed by atoms with Gasteiger partial charge < -0.3 is 4.74 Å². The minimum atomic E-state index is -0.565. The number of hydrogen-bond acceptors (Lipinski definition) is 3. The van der Waals surface area contributed by atoms with Gasteiger partial charge in [0.1, 0.15) is 11.7 Å². The first-order chi connectivity index (χ1) is 6.58. The molecule has 0 saturated carbocycles. The SMILES string of the molecule is CCCC(C)C(C(=O)CC)C(=O)OC. The van der Waals surface area contributed by atoms with Crippen molar-refractivity contribution in [1.29, 1.82) is 0 Å². The second-order valence-electron chi connectivity index (χ2n) is 3.59. The van der Waals surface area contributed by atoms with Gasteiger partial charge in [-0.1, -0.05) is 27.2 Å². The maximum Gasteiger partial charge on any atom is 0.316 e. The summed E-state index contributed by atoms with van der Waals surface area (Å²) in [6.45, 7) is 5.75. The minimum absolute atomic E-state index is 0.0159. The summed E-state index contributed by atoms with van der Waals surface area (Å²) in [5, 5.41) is 0. The molecule has 0 radical (unpaired) electrons. The summed E-state index contributed by atoms with van der Waals surface area (Å²) in [5.74, 6) is -0.888. The van der Waals surface area contributed by atoms with Crippen molar-refractivity contribution in [1.82, 2.24) is 0 Å². The molecule has 0 spiro atoms. The summed E-state index contributed by atoms with van der Waals surface area (Å²) in [6.07, 6.45) is 2.25. The van der Waals surface area contributed by atoms with Crippen molar-refractivity contribution in [2.45, 2.75) is 40.0 Å². The summed E-state index contributed by atoms with van der Waals surface area (Å²) in [6, 6.07) is 0. The van der Waals surface area contributed by atoms with Gasteiger partial charge in [-0.05, 0) is 12.3 Å². The van der Waals surface area contributed by atoms with Crippen LogP contribution < -0.4 is 0 Å². The Bertz CT molecular complexity index is 183. The molecule has 0 bridgehead atoms. The average Bonchev–Trinajstić information content (AvgIpc) is 2.17. The number of methoxy groups -OCH3 is 1. The van der Waals surface area contributed by atoms with Gasteiger partial charge in [0.15, 0.2) is 0 Å². The van der Waals surface area contributed by atoms with E-state index in [9.17, 15) is 9.59 Å². The van der Waals surface area contributed by atoms with Crippen molar-refractivity contribution in [2.75, 3.05) is 7.11 Å². The van der Waals surface area contributed by atoms with E-state index < -0.39 is 11.9 Å². The van der Waals surface area contributed by atoms with E-state index in [2.05, 4.69) is 4.74 Å². The Kier molecular flexibility index (Phi) is 6.17. The third kappa shape index (κ3) is 3.48. The fraction of sp³-hybridized carbons (Fsp3) is 0.818. The van der Waals surface area contributed by atoms with Gasteiger partial charge in [-0.2, -0.15) is 0 Å². The molecule has 0 aliphatic carbocycles. The fourth-order valence-electron chi connectivity index (χ4n) is 1.65. The molecule has 3 heteroatoms. The molecule has 14 heavy (non-hydrogen) atoms.